The quantitative estimate of drug-likeness (QED) is 0.689. The molecule has 0 bridgehead atoms. The molecule has 1 aromatic heterocycles. The van der Waals surface area contributed by atoms with E-state index in [9.17, 15) is 9.50 Å². The second-order valence-corrected chi connectivity index (χ2v) is 6.18. The van der Waals surface area contributed by atoms with Crippen molar-refractivity contribution < 1.29 is 9.50 Å². The summed E-state index contributed by atoms with van der Waals surface area (Å²) >= 11 is 12.9. The average molecular weight is 354 g/mol. The Hall–Kier alpha value is -1.46. The zero-order valence-corrected chi connectivity index (χ0v) is 13.5. The molecule has 0 amide bonds. The lowest BCUT2D eigenvalue weighted by molar-refractivity contribution is 0.220. The van der Waals surface area contributed by atoms with Crippen molar-refractivity contribution in [1.82, 2.24) is 4.37 Å². The first kappa shape index (κ1) is 15.4. The van der Waals surface area contributed by atoms with E-state index in [-0.39, 0.29) is 15.7 Å². The van der Waals surface area contributed by atoms with Crippen molar-refractivity contribution in [3.63, 3.8) is 0 Å². The summed E-state index contributed by atoms with van der Waals surface area (Å²) in [6.45, 7) is 0. The molecule has 1 heterocycles. The summed E-state index contributed by atoms with van der Waals surface area (Å²) in [5, 5.41) is 10.8. The lowest BCUT2D eigenvalue weighted by atomic mass is 9.99. The molecular weight excluding hydrogens is 344 g/mol. The monoisotopic (exact) mass is 353 g/mol. The predicted octanol–water partition coefficient (Wildman–Crippen LogP) is 5.34. The van der Waals surface area contributed by atoms with Crippen molar-refractivity contribution >= 4 is 34.7 Å². The second-order valence-electron chi connectivity index (χ2n) is 4.67. The summed E-state index contributed by atoms with van der Waals surface area (Å²) in [4.78, 5) is 0.450. The van der Waals surface area contributed by atoms with Crippen molar-refractivity contribution in [1.29, 1.82) is 0 Å². The van der Waals surface area contributed by atoms with Gasteiger partial charge in [-0.15, -0.1) is 0 Å². The molecule has 0 spiro atoms. The van der Waals surface area contributed by atoms with E-state index in [1.165, 1.54) is 6.07 Å². The summed E-state index contributed by atoms with van der Waals surface area (Å²) in [7, 11) is 0. The molecule has 1 atom stereocenters. The minimum absolute atomic E-state index is 0.148. The molecule has 0 aliphatic carbocycles. The Morgan fingerprint density at radius 3 is 2.41 bits per heavy atom. The Balaban J connectivity index is 2.05. The maximum Gasteiger partial charge on any atom is 0.162 e. The van der Waals surface area contributed by atoms with Gasteiger partial charge in [0.15, 0.2) is 5.15 Å². The Kier molecular flexibility index (Phi) is 4.45. The predicted molar refractivity (Wildman–Crippen MR) is 88.0 cm³/mol. The van der Waals surface area contributed by atoms with Gasteiger partial charge in [0.2, 0.25) is 0 Å². The Labute approximate surface area is 140 Å². The average Bonchev–Trinajstić information content (AvgIpc) is 2.88. The largest absolute Gasteiger partial charge is 0.384 e. The summed E-state index contributed by atoms with van der Waals surface area (Å²) in [5.74, 6) is -0.439. The molecule has 3 rings (SSSR count). The summed E-state index contributed by atoms with van der Waals surface area (Å²) in [6.07, 6.45) is -0.845. The number of benzene rings is 2. The first-order chi connectivity index (χ1) is 10.6. The fourth-order valence-corrected chi connectivity index (χ4v) is 3.39. The third-order valence-electron chi connectivity index (χ3n) is 3.26. The van der Waals surface area contributed by atoms with Gasteiger partial charge >= 0.3 is 0 Å². The summed E-state index contributed by atoms with van der Waals surface area (Å²) in [6, 6.07) is 13.6. The van der Waals surface area contributed by atoms with Crippen LogP contribution in [0, 0.1) is 5.82 Å². The van der Waals surface area contributed by atoms with Crippen LogP contribution in [0.5, 0.6) is 0 Å². The number of aliphatic hydroxyl groups excluding tert-OH is 1. The van der Waals surface area contributed by atoms with E-state index in [1.807, 2.05) is 30.3 Å². The maximum atomic E-state index is 14.1. The van der Waals surface area contributed by atoms with Crippen LogP contribution in [0.25, 0.3) is 10.4 Å². The van der Waals surface area contributed by atoms with Crippen LogP contribution < -0.4 is 0 Å². The Morgan fingerprint density at radius 1 is 1.05 bits per heavy atom. The molecule has 0 radical (unpaired) electrons. The number of rotatable bonds is 3. The topological polar surface area (TPSA) is 33.1 Å². The molecule has 22 heavy (non-hydrogen) atoms. The number of nitrogens with zero attached hydrogens (tertiary/aromatic N) is 1. The minimum Gasteiger partial charge on any atom is -0.384 e. The van der Waals surface area contributed by atoms with E-state index in [1.54, 1.807) is 12.1 Å². The van der Waals surface area contributed by atoms with E-state index in [0.717, 1.165) is 17.1 Å². The summed E-state index contributed by atoms with van der Waals surface area (Å²) in [5.41, 5.74) is 1.58. The van der Waals surface area contributed by atoms with Gasteiger partial charge in [0.1, 0.15) is 11.9 Å². The van der Waals surface area contributed by atoms with Crippen molar-refractivity contribution in [2.45, 2.75) is 6.10 Å². The SMILES string of the molecule is OC(c1ccccc1)c1ccc(F)c(-c2snc(Cl)c2Cl)c1. The van der Waals surface area contributed by atoms with Crippen LogP contribution in [0.2, 0.25) is 10.2 Å². The molecule has 1 unspecified atom stereocenters. The molecule has 112 valence electrons. The fourth-order valence-electron chi connectivity index (χ4n) is 2.14. The second kappa shape index (κ2) is 6.34. The van der Waals surface area contributed by atoms with Crippen LogP contribution in [0.15, 0.2) is 48.5 Å². The lowest BCUT2D eigenvalue weighted by Gasteiger charge is -2.13. The molecule has 0 saturated heterocycles. The lowest BCUT2D eigenvalue weighted by Crippen LogP contribution is -2.00. The first-order valence-corrected chi connectivity index (χ1v) is 7.94. The van der Waals surface area contributed by atoms with Crippen LogP contribution in [-0.2, 0) is 0 Å². The molecule has 2 nitrogen and oxygen atoms in total. The Morgan fingerprint density at radius 2 is 1.77 bits per heavy atom. The van der Waals surface area contributed by atoms with Gasteiger partial charge in [0.25, 0.3) is 0 Å². The number of aromatic nitrogens is 1. The van der Waals surface area contributed by atoms with Crippen LogP contribution in [0.3, 0.4) is 0 Å². The van der Waals surface area contributed by atoms with Gasteiger partial charge in [-0.3, -0.25) is 0 Å². The van der Waals surface area contributed by atoms with Crippen molar-refractivity contribution in [2.24, 2.45) is 0 Å². The van der Waals surface area contributed by atoms with E-state index in [2.05, 4.69) is 4.37 Å². The highest BCUT2D eigenvalue weighted by Gasteiger charge is 2.18. The first-order valence-electron chi connectivity index (χ1n) is 6.41. The molecule has 1 N–H and O–H groups in total. The molecule has 2 aromatic carbocycles. The van der Waals surface area contributed by atoms with E-state index >= 15 is 0 Å². The van der Waals surface area contributed by atoms with Crippen LogP contribution in [-0.4, -0.2) is 9.48 Å². The van der Waals surface area contributed by atoms with Crippen molar-refractivity contribution in [3.05, 3.63) is 75.7 Å². The molecule has 0 aliphatic rings. The van der Waals surface area contributed by atoms with Gasteiger partial charge in [0, 0.05) is 5.56 Å². The van der Waals surface area contributed by atoms with E-state index in [0.29, 0.717) is 10.4 Å². The molecule has 6 heteroatoms. The third kappa shape index (κ3) is 2.88. The molecule has 0 saturated carbocycles. The zero-order chi connectivity index (χ0) is 15.7. The van der Waals surface area contributed by atoms with Gasteiger partial charge in [-0.2, -0.15) is 4.37 Å². The van der Waals surface area contributed by atoms with E-state index in [4.69, 9.17) is 23.2 Å². The molecular formula is C16H10Cl2FNOS. The number of aliphatic hydroxyl groups is 1. The number of hydrogen-bond acceptors (Lipinski definition) is 3. The van der Waals surface area contributed by atoms with Crippen LogP contribution in [0.1, 0.15) is 17.2 Å². The van der Waals surface area contributed by atoms with E-state index < -0.39 is 11.9 Å². The van der Waals surface area contributed by atoms with Gasteiger partial charge in [-0.1, -0.05) is 59.6 Å². The fraction of sp³-hybridized carbons (Fsp3) is 0.0625. The number of hydrogen-bond donors (Lipinski definition) is 1. The van der Waals surface area contributed by atoms with Gasteiger partial charge in [-0.25, -0.2) is 4.39 Å². The zero-order valence-electron chi connectivity index (χ0n) is 11.1. The molecule has 0 aliphatic heterocycles. The third-order valence-corrected chi connectivity index (χ3v) is 5.09. The maximum absolute atomic E-state index is 14.1. The van der Waals surface area contributed by atoms with Crippen molar-refractivity contribution in [3.8, 4) is 10.4 Å². The highest BCUT2D eigenvalue weighted by atomic mass is 35.5. The minimum atomic E-state index is -0.845. The summed E-state index contributed by atoms with van der Waals surface area (Å²) < 4.78 is 18.0. The smallest absolute Gasteiger partial charge is 0.162 e. The molecule has 0 fully saturated rings. The Bertz CT molecular complexity index is 807. The van der Waals surface area contributed by atoms with Crippen LogP contribution >= 0.6 is 34.7 Å². The highest BCUT2D eigenvalue weighted by molar-refractivity contribution is 7.10. The molecule has 3 aromatic rings. The van der Waals surface area contributed by atoms with Crippen LogP contribution in [0.4, 0.5) is 4.39 Å². The van der Waals surface area contributed by atoms with Gasteiger partial charge in [-0.05, 0) is 34.8 Å². The normalized spacial score (nSPS) is 12.4. The van der Waals surface area contributed by atoms with Gasteiger partial charge in [0.05, 0.1) is 9.90 Å². The number of halogens is 3. The van der Waals surface area contributed by atoms with Gasteiger partial charge < -0.3 is 5.11 Å². The highest BCUT2D eigenvalue weighted by Crippen LogP contribution is 2.39. The standard InChI is InChI=1S/C16H10Cl2FNOS/c17-13-15(22-20-16(13)18)11-8-10(6-7-12(11)19)14(21)9-4-2-1-3-5-9/h1-8,14,21H. The van der Waals surface area contributed by atoms with Crippen molar-refractivity contribution in [2.75, 3.05) is 0 Å².